The van der Waals surface area contributed by atoms with Gasteiger partial charge in [0.05, 0.1) is 16.7 Å². The maximum atomic E-state index is 14.0. The van der Waals surface area contributed by atoms with E-state index in [0.29, 0.717) is 13.0 Å². The standard InChI is InChI=1S/C29H22N2O/c32-29-25(18-20-10-3-1-4-11-20)27(30-19-21-12-5-2-6-13-21)24-16-9-15-23-22-14-7-8-17-26(22)31(29)28(23)24/h1-17,30H,18-19H2. The van der Waals surface area contributed by atoms with E-state index in [9.17, 15) is 4.79 Å². The molecule has 0 aliphatic carbocycles. The normalized spacial score (nSPS) is 11.5. The molecule has 0 unspecified atom stereocenters. The van der Waals surface area contributed by atoms with Crippen LogP contribution in [-0.2, 0) is 13.0 Å². The van der Waals surface area contributed by atoms with Gasteiger partial charge in [-0.1, -0.05) is 97.1 Å². The van der Waals surface area contributed by atoms with E-state index in [1.165, 1.54) is 5.56 Å². The van der Waals surface area contributed by atoms with Crippen LogP contribution in [0.1, 0.15) is 16.7 Å². The van der Waals surface area contributed by atoms with E-state index in [0.717, 1.165) is 44.0 Å². The molecule has 0 amide bonds. The molecule has 0 bridgehead atoms. The van der Waals surface area contributed by atoms with Crippen LogP contribution in [0, 0.1) is 0 Å². The number of nitrogens with zero attached hydrogens (tertiary/aromatic N) is 1. The van der Waals surface area contributed by atoms with Crippen molar-refractivity contribution < 1.29 is 0 Å². The number of aromatic nitrogens is 1. The second-order valence-corrected chi connectivity index (χ2v) is 8.21. The van der Waals surface area contributed by atoms with Crippen molar-refractivity contribution in [3.63, 3.8) is 0 Å². The Labute approximate surface area is 185 Å². The Kier molecular flexibility index (Phi) is 4.39. The Hall–Kier alpha value is -4.11. The highest BCUT2D eigenvalue weighted by Crippen LogP contribution is 2.36. The van der Waals surface area contributed by atoms with Gasteiger partial charge in [0.1, 0.15) is 0 Å². The molecule has 6 rings (SSSR count). The molecule has 6 aromatic rings. The average molecular weight is 415 g/mol. The van der Waals surface area contributed by atoms with Crippen molar-refractivity contribution >= 4 is 32.9 Å². The molecule has 0 aliphatic rings. The molecular formula is C29H22N2O. The molecule has 4 aromatic carbocycles. The zero-order valence-electron chi connectivity index (χ0n) is 17.6. The van der Waals surface area contributed by atoms with Crippen LogP contribution >= 0.6 is 0 Å². The molecule has 2 heterocycles. The van der Waals surface area contributed by atoms with Crippen molar-refractivity contribution in [2.45, 2.75) is 13.0 Å². The fraction of sp³-hybridized carbons (Fsp3) is 0.0690. The molecule has 2 aromatic heterocycles. The molecule has 0 radical (unpaired) electrons. The highest BCUT2D eigenvalue weighted by atomic mass is 16.1. The Morgan fingerprint density at radius 1 is 0.625 bits per heavy atom. The Morgan fingerprint density at radius 2 is 1.25 bits per heavy atom. The van der Waals surface area contributed by atoms with Crippen LogP contribution in [0.5, 0.6) is 0 Å². The molecule has 154 valence electrons. The van der Waals surface area contributed by atoms with Gasteiger partial charge in [-0.3, -0.25) is 9.20 Å². The molecule has 0 saturated carbocycles. The van der Waals surface area contributed by atoms with Crippen molar-refractivity contribution in [2.24, 2.45) is 0 Å². The number of pyridine rings is 1. The van der Waals surface area contributed by atoms with Crippen LogP contribution < -0.4 is 10.9 Å². The van der Waals surface area contributed by atoms with Gasteiger partial charge in [-0.25, -0.2) is 0 Å². The van der Waals surface area contributed by atoms with Crippen LogP contribution in [0.25, 0.3) is 27.2 Å². The van der Waals surface area contributed by atoms with E-state index in [1.54, 1.807) is 0 Å². The maximum Gasteiger partial charge on any atom is 0.261 e. The maximum absolute atomic E-state index is 14.0. The summed E-state index contributed by atoms with van der Waals surface area (Å²) in [7, 11) is 0. The first kappa shape index (κ1) is 18.6. The van der Waals surface area contributed by atoms with Gasteiger partial charge in [0, 0.05) is 34.7 Å². The zero-order valence-corrected chi connectivity index (χ0v) is 17.6. The number of anilines is 1. The zero-order chi connectivity index (χ0) is 21.5. The Bertz CT molecular complexity index is 1600. The van der Waals surface area contributed by atoms with Gasteiger partial charge in [-0.05, 0) is 17.2 Å². The summed E-state index contributed by atoms with van der Waals surface area (Å²) in [5.41, 5.74) is 6.05. The predicted octanol–water partition coefficient (Wildman–Crippen LogP) is 6.25. The average Bonchev–Trinajstić information content (AvgIpc) is 3.19. The molecule has 0 atom stereocenters. The smallest absolute Gasteiger partial charge is 0.261 e. The van der Waals surface area contributed by atoms with Crippen molar-refractivity contribution in [2.75, 3.05) is 5.32 Å². The molecule has 0 aliphatic heterocycles. The number of hydrogen-bond donors (Lipinski definition) is 1. The minimum absolute atomic E-state index is 0.0503. The number of rotatable bonds is 5. The van der Waals surface area contributed by atoms with Crippen molar-refractivity contribution in [1.29, 1.82) is 0 Å². The summed E-state index contributed by atoms with van der Waals surface area (Å²) in [5, 5.41) is 6.94. The monoisotopic (exact) mass is 414 g/mol. The molecular weight excluding hydrogens is 392 g/mol. The highest BCUT2D eigenvalue weighted by Gasteiger charge is 2.20. The van der Waals surface area contributed by atoms with Gasteiger partial charge in [-0.15, -0.1) is 0 Å². The lowest BCUT2D eigenvalue weighted by atomic mass is 10.0. The van der Waals surface area contributed by atoms with Gasteiger partial charge in [0.25, 0.3) is 5.56 Å². The Balaban J connectivity index is 1.64. The quantitative estimate of drug-likeness (QED) is 0.362. The topological polar surface area (TPSA) is 33.5 Å². The van der Waals surface area contributed by atoms with Crippen molar-refractivity contribution in [1.82, 2.24) is 4.40 Å². The lowest BCUT2D eigenvalue weighted by Crippen LogP contribution is -2.21. The SMILES string of the molecule is O=c1c(Cc2ccccc2)c(NCc2ccccc2)c2cccc3c4ccccc4n1c23. The highest BCUT2D eigenvalue weighted by molar-refractivity contribution is 6.16. The minimum atomic E-state index is 0.0503. The van der Waals surface area contributed by atoms with Crippen LogP contribution in [0.2, 0.25) is 0 Å². The number of para-hydroxylation sites is 2. The van der Waals surface area contributed by atoms with Gasteiger partial charge in [0.15, 0.2) is 0 Å². The number of fused-ring (bicyclic) bond motifs is 3. The summed E-state index contributed by atoms with van der Waals surface area (Å²) in [6.45, 7) is 0.665. The fourth-order valence-corrected chi connectivity index (χ4v) is 4.79. The van der Waals surface area contributed by atoms with Crippen molar-refractivity contribution in [3.8, 4) is 0 Å². The predicted molar refractivity (Wildman–Crippen MR) is 133 cm³/mol. The van der Waals surface area contributed by atoms with Gasteiger partial charge in [-0.2, -0.15) is 0 Å². The first-order valence-corrected chi connectivity index (χ1v) is 10.9. The second-order valence-electron chi connectivity index (χ2n) is 8.21. The molecule has 3 heteroatoms. The van der Waals surface area contributed by atoms with Gasteiger partial charge < -0.3 is 5.32 Å². The third kappa shape index (κ3) is 2.94. The van der Waals surface area contributed by atoms with E-state index in [4.69, 9.17) is 0 Å². The minimum Gasteiger partial charge on any atom is -0.380 e. The first-order valence-electron chi connectivity index (χ1n) is 10.9. The molecule has 32 heavy (non-hydrogen) atoms. The third-order valence-electron chi connectivity index (χ3n) is 6.26. The van der Waals surface area contributed by atoms with Gasteiger partial charge in [0.2, 0.25) is 0 Å². The van der Waals surface area contributed by atoms with Crippen LogP contribution in [0.3, 0.4) is 0 Å². The fourth-order valence-electron chi connectivity index (χ4n) is 4.79. The second kappa shape index (κ2) is 7.54. The summed E-state index contributed by atoms with van der Waals surface area (Å²) in [5.74, 6) is 0. The molecule has 3 nitrogen and oxygen atoms in total. The molecule has 0 saturated heterocycles. The van der Waals surface area contributed by atoms with E-state index < -0.39 is 0 Å². The van der Waals surface area contributed by atoms with E-state index in [2.05, 4.69) is 53.8 Å². The summed E-state index contributed by atoms with van der Waals surface area (Å²) >= 11 is 0. The molecule has 0 fully saturated rings. The summed E-state index contributed by atoms with van der Waals surface area (Å²) in [4.78, 5) is 14.0. The Morgan fingerprint density at radius 3 is 2.03 bits per heavy atom. The number of nitrogens with one attached hydrogen (secondary N) is 1. The van der Waals surface area contributed by atoms with Crippen molar-refractivity contribution in [3.05, 3.63) is 130 Å². The molecule has 0 spiro atoms. The largest absolute Gasteiger partial charge is 0.380 e. The van der Waals surface area contributed by atoms with Gasteiger partial charge >= 0.3 is 0 Å². The van der Waals surface area contributed by atoms with E-state index in [-0.39, 0.29) is 5.56 Å². The molecule has 1 N–H and O–H groups in total. The first-order chi connectivity index (χ1) is 15.8. The number of benzene rings is 4. The summed E-state index contributed by atoms with van der Waals surface area (Å²) in [6, 6.07) is 35.0. The lowest BCUT2D eigenvalue weighted by molar-refractivity contribution is 1.05. The lowest BCUT2D eigenvalue weighted by Gasteiger charge is -2.16. The van der Waals surface area contributed by atoms with Crippen LogP contribution in [-0.4, -0.2) is 4.40 Å². The van der Waals surface area contributed by atoms with Crippen LogP contribution in [0.15, 0.2) is 108 Å². The number of hydrogen-bond acceptors (Lipinski definition) is 2. The van der Waals surface area contributed by atoms with E-state index in [1.807, 2.05) is 59.0 Å². The third-order valence-corrected chi connectivity index (χ3v) is 6.26. The summed E-state index contributed by atoms with van der Waals surface area (Å²) < 4.78 is 1.91. The van der Waals surface area contributed by atoms with Crippen LogP contribution in [0.4, 0.5) is 5.69 Å². The summed E-state index contributed by atoms with van der Waals surface area (Å²) in [6.07, 6.45) is 0.582. The van der Waals surface area contributed by atoms with E-state index >= 15 is 0 Å².